The van der Waals surface area contributed by atoms with Gasteiger partial charge in [-0.1, -0.05) is 6.92 Å². The fourth-order valence-corrected chi connectivity index (χ4v) is 2.93. The maximum Gasteiger partial charge on any atom is 0.169 e. The van der Waals surface area contributed by atoms with Crippen LogP contribution in [0.4, 0.5) is 0 Å². The normalized spacial score (nSPS) is 33.6. The van der Waals surface area contributed by atoms with Crippen LogP contribution in [0.2, 0.25) is 0 Å². The third-order valence-corrected chi connectivity index (χ3v) is 4.27. The molecule has 0 saturated heterocycles. The van der Waals surface area contributed by atoms with Crippen LogP contribution >= 0.6 is 0 Å². The molecule has 0 aromatic heterocycles. The van der Waals surface area contributed by atoms with Gasteiger partial charge in [-0.05, 0) is 38.6 Å². The van der Waals surface area contributed by atoms with Crippen LogP contribution in [0.15, 0.2) is 0 Å². The maximum absolute atomic E-state index is 6.27. The lowest BCUT2D eigenvalue weighted by Crippen LogP contribution is -2.55. The first-order valence-corrected chi connectivity index (χ1v) is 7.33. The molecule has 5 heteroatoms. The van der Waals surface area contributed by atoms with Gasteiger partial charge >= 0.3 is 0 Å². The molecule has 0 aromatic rings. The van der Waals surface area contributed by atoms with Gasteiger partial charge in [0.05, 0.1) is 0 Å². The standard InChI is InChI=1S/C14H31N3O2/c1-5-19-13(18-4)9-17(3)8-11-10(2)6-7-12(15)14(11)16/h10-14H,5-9,15-16H2,1-4H3. The van der Waals surface area contributed by atoms with E-state index >= 15 is 0 Å². The Morgan fingerprint density at radius 1 is 1.32 bits per heavy atom. The van der Waals surface area contributed by atoms with E-state index in [1.807, 2.05) is 6.92 Å². The number of ether oxygens (including phenoxy) is 2. The number of rotatable bonds is 7. The molecule has 5 nitrogen and oxygen atoms in total. The fourth-order valence-electron chi connectivity index (χ4n) is 2.93. The lowest BCUT2D eigenvalue weighted by atomic mass is 9.74. The van der Waals surface area contributed by atoms with Gasteiger partial charge in [0.2, 0.25) is 0 Å². The Morgan fingerprint density at radius 2 is 2.00 bits per heavy atom. The highest BCUT2D eigenvalue weighted by Gasteiger charge is 2.34. The number of hydrogen-bond acceptors (Lipinski definition) is 5. The van der Waals surface area contributed by atoms with Gasteiger partial charge in [-0.3, -0.25) is 0 Å². The Bertz CT molecular complexity index is 253. The number of likely N-dealkylation sites (N-methyl/N-ethyl adjacent to an activating group) is 1. The molecule has 19 heavy (non-hydrogen) atoms. The summed E-state index contributed by atoms with van der Waals surface area (Å²) >= 11 is 0. The van der Waals surface area contributed by atoms with Crippen molar-refractivity contribution < 1.29 is 9.47 Å². The minimum Gasteiger partial charge on any atom is -0.355 e. The van der Waals surface area contributed by atoms with Crippen LogP contribution in [0.1, 0.15) is 26.7 Å². The number of nitrogens with zero attached hydrogens (tertiary/aromatic N) is 1. The van der Waals surface area contributed by atoms with E-state index in [1.54, 1.807) is 7.11 Å². The highest BCUT2D eigenvalue weighted by Crippen LogP contribution is 2.29. The molecule has 1 rings (SSSR count). The summed E-state index contributed by atoms with van der Waals surface area (Å²) in [4.78, 5) is 2.24. The van der Waals surface area contributed by atoms with Crippen LogP contribution in [0.3, 0.4) is 0 Å². The molecule has 0 heterocycles. The van der Waals surface area contributed by atoms with Crippen molar-refractivity contribution in [3.05, 3.63) is 0 Å². The second-order valence-electron chi connectivity index (χ2n) is 5.80. The molecule has 114 valence electrons. The summed E-state index contributed by atoms with van der Waals surface area (Å²) in [6.45, 7) is 6.62. The lowest BCUT2D eigenvalue weighted by molar-refractivity contribution is -0.131. The molecule has 4 N–H and O–H groups in total. The molecule has 0 spiro atoms. The molecule has 0 radical (unpaired) electrons. The maximum atomic E-state index is 6.27. The Hall–Kier alpha value is -0.200. The lowest BCUT2D eigenvalue weighted by Gasteiger charge is -2.40. The van der Waals surface area contributed by atoms with E-state index < -0.39 is 0 Å². The molecule has 0 bridgehead atoms. The van der Waals surface area contributed by atoms with E-state index in [-0.39, 0.29) is 18.4 Å². The zero-order valence-corrected chi connectivity index (χ0v) is 12.8. The molecule has 5 atom stereocenters. The van der Waals surface area contributed by atoms with Crippen molar-refractivity contribution in [1.29, 1.82) is 0 Å². The van der Waals surface area contributed by atoms with Gasteiger partial charge in [0, 0.05) is 38.9 Å². The van der Waals surface area contributed by atoms with E-state index in [4.69, 9.17) is 20.9 Å². The molecular formula is C14H31N3O2. The molecule has 5 unspecified atom stereocenters. The van der Waals surface area contributed by atoms with Gasteiger partial charge in [0.1, 0.15) is 0 Å². The highest BCUT2D eigenvalue weighted by atomic mass is 16.7. The highest BCUT2D eigenvalue weighted by molar-refractivity contribution is 4.92. The van der Waals surface area contributed by atoms with E-state index in [1.165, 1.54) is 6.42 Å². The first-order chi connectivity index (χ1) is 8.99. The van der Waals surface area contributed by atoms with Crippen molar-refractivity contribution in [3.8, 4) is 0 Å². The summed E-state index contributed by atoms with van der Waals surface area (Å²) in [5.74, 6) is 1.08. The fraction of sp³-hybridized carbons (Fsp3) is 1.00. The third-order valence-electron chi connectivity index (χ3n) is 4.27. The van der Waals surface area contributed by atoms with Crippen LogP contribution < -0.4 is 11.5 Å². The Kier molecular flexibility index (Phi) is 7.25. The zero-order chi connectivity index (χ0) is 14.4. The zero-order valence-electron chi connectivity index (χ0n) is 12.8. The number of nitrogens with two attached hydrogens (primary N) is 2. The minimum atomic E-state index is -0.168. The topological polar surface area (TPSA) is 73.7 Å². The minimum absolute atomic E-state index is 0.0966. The number of methoxy groups -OCH3 is 1. The van der Waals surface area contributed by atoms with Crippen LogP contribution in [0, 0.1) is 11.8 Å². The van der Waals surface area contributed by atoms with Gasteiger partial charge in [-0.15, -0.1) is 0 Å². The predicted molar refractivity (Wildman–Crippen MR) is 77.8 cm³/mol. The molecule has 1 aliphatic carbocycles. The second kappa shape index (κ2) is 8.17. The largest absolute Gasteiger partial charge is 0.355 e. The Morgan fingerprint density at radius 3 is 2.58 bits per heavy atom. The quantitative estimate of drug-likeness (QED) is 0.666. The molecule has 1 fully saturated rings. The summed E-state index contributed by atoms with van der Waals surface area (Å²) < 4.78 is 10.8. The van der Waals surface area contributed by atoms with Crippen molar-refractivity contribution in [3.63, 3.8) is 0 Å². The summed E-state index contributed by atoms with van der Waals surface area (Å²) in [6.07, 6.45) is 2.05. The van der Waals surface area contributed by atoms with Crippen LogP contribution in [-0.2, 0) is 9.47 Å². The summed E-state index contributed by atoms with van der Waals surface area (Å²) in [5.41, 5.74) is 12.4. The average Bonchev–Trinajstić information content (AvgIpc) is 2.38. The van der Waals surface area contributed by atoms with Crippen molar-refractivity contribution in [1.82, 2.24) is 4.90 Å². The van der Waals surface area contributed by atoms with Crippen molar-refractivity contribution >= 4 is 0 Å². The average molecular weight is 273 g/mol. The van der Waals surface area contributed by atoms with Crippen molar-refractivity contribution in [2.24, 2.45) is 23.3 Å². The van der Waals surface area contributed by atoms with Crippen molar-refractivity contribution in [2.75, 3.05) is 33.9 Å². The van der Waals surface area contributed by atoms with E-state index in [0.717, 1.165) is 19.5 Å². The smallest absolute Gasteiger partial charge is 0.169 e. The SMILES string of the molecule is CCOC(CN(C)CC1C(C)CCC(N)C1N)OC. The van der Waals surface area contributed by atoms with E-state index in [2.05, 4.69) is 18.9 Å². The van der Waals surface area contributed by atoms with Crippen molar-refractivity contribution in [2.45, 2.75) is 45.1 Å². The van der Waals surface area contributed by atoms with E-state index in [9.17, 15) is 0 Å². The van der Waals surface area contributed by atoms with Gasteiger partial charge in [-0.25, -0.2) is 0 Å². The molecule has 1 aliphatic rings. The van der Waals surface area contributed by atoms with Gasteiger partial charge in [0.25, 0.3) is 0 Å². The Labute approximate surface area is 117 Å². The van der Waals surface area contributed by atoms with Gasteiger partial charge < -0.3 is 25.8 Å². The molecule has 0 aliphatic heterocycles. The van der Waals surface area contributed by atoms with Crippen LogP contribution in [0.25, 0.3) is 0 Å². The van der Waals surface area contributed by atoms with Gasteiger partial charge in [-0.2, -0.15) is 0 Å². The molecule has 0 amide bonds. The third kappa shape index (κ3) is 5.00. The first-order valence-electron chi connectivity index (χ1n) is 7.33. The number of hydrogen-bond donors (Lipinski definition) is 2. The monoisotopic (exact) mass is 273 g/mol. The Balaban J connectivity index is 2.47. The van der Waals surface area contributed by atoms with E-state index in [0.29, 0.717) is 18.4 Å². The first kappa shape index (κ1) is 16.9. The van der Waals surface area contributed by atoms with Crippen LogP contribution in [-0.4, -0.2) is 57.1 Å². The summed E-state index contributed by atoms with van der Waals surface area (Å²) in [5, 5.41) is 0. The molecule has 0 aromatic carbocycles. The molecular weight excluding hydrogens is 242 g/mol. The van der Waals surface area contributed by atoms with Crippen LogP contribution in [0.5, 0.6) is 0 Å². The second-order valence-corrected chi connectivity index (χ2v) is 5.80. The summed E-state index contributed by atoms with van der Waals surface area (Å²) in [6, 6.07) is 0.235. The summed E-state index contributed by atoms with van der Waals surface area (Å²) in [7, 11) is 3.77. The molecule has 1 saturated carbocycles. The predicted octanol–water partition coefficient (Wildman–Crippen LogP) is 0.628. The van der Waals surface area contributed by atoms with Gasteiger partial charge in [0.15, 0.2) is 6.29 Å².